The van der Waals surface area contributed by atoms with Crippen LogP contribution in [0.5, 0.6) is 0 Å². The van der Waals surface area contributed by atoms with Crippen LogP contribution in [0.15, 0.2) is 0 Å². The SMILES string of the molecule is CC1CC(=O)N(C2CCCCC2(C)C(=O)O)C(=O)C1. The van der Waals surface area contributed by atoms with Gasteiger partial charge >= 0.3 is 5.97 Å². The first-order valence-corrected chi connectivity index (χ1v) is 6.94. The van der Waals surface area contributed by atoms with Crippen LogP contribution in [0.25, 0.3) is 0 Å². The molecule has 2 unspecified atom stereocenters. The van der Waals surface area contributed by atoms with Crippen molar-refractivity contribution in [3.05, 3.63) is 0 Å². The lowest BCUT2D eigenvalue weighted by Gasteiger charge is -2.45. The number of hydrogen-bond acceptors (Lipinski definition) is 3. The second-order valence-electron chi connectivity index (χ2n) is 6.16. The Kier molecular flexibility index (Phi) is 3.65. The monoisotopic (exact) mass is 267 g/mol. The molecule has 0 aromatic heterocycles. The van der Waals surface area contributed by atoms with Crippen LogP contribution < -0.4 is 0 Å². The molecule has 2 amide bonds. The number of nitrogens with zero attached hydrogens (tertiary/aromatic N) is 1. The molecular formula is C14H21NO4. The molecule has 0 radical (unpaired) electrons. The van der Waals surface area contributed by atoms with Crippen molar-refractivity contribution in [1.29, 1.82) is 0 Å². The molecule has 5 nitrogen and oxygen atoms in total. The van der Waals surface area contributed by atoms with Gasteiger partial charge in [-0.1, -0.05) is 19.8 Å². The van der Waals surface area contributed by atoms with Gasteiger partial charge in [-0.3, -0.25) is 19.3 Å². The van der Waals surface area contributed by atoms with E-state index in [0.29, 0.717) is 25.7 Å². The van der Waals surface area contributed by atoms with Crippen LogP contribution in [-0.2, 0) is 14.4 Å². The van der Waals surface area contributed by atoms with Gasteiger partial charge in [-0.05, 0) is 25.7 Å². The molecule has 0 aromatic rings. The lowest BCUT2D eigenvalue weighted by atomic mass is 9.70. The number of carboxylic acids is 1. The second-order valence-corrected chi connectivity index (χ2v) is 6.16. The Morgan fingerprint density at radius 1 is 1.26 bits per heavy atom. The summed E-state index contributed by atoms with van der Waals surface area (Å²) in [6.45, 7) is 3.54. The van der Waals surface area contributed by atoms with E-state index in [2.05, 4.69) is 0 Å². The van der Waals surface area contributed by atoms with Gasteiger partial charge < -0.3 is 5.11 Å². The van der Waals surface area contributed by atoms with Crippen LogP contribution in [0, 0.1) is 11.3 Å². The summed E-state index contributed by atoms with van der Waals surface area (Å²) in [5.74, 6) is -1.25. The number of hydrogen-bond donors (Lipinski definition) is 1. The summed E-state index contributed by atoms with van der Waals surface area (Å²) in [5.41, 5.74) is -0.996. The highest BCUT2D eigenvalue weighted by Gasteiger charge is 2.50. The van der Waals surface area contributed by atoms with Crippen molar-refractivity contribution in [2.45, 2.75) is 58.4 Å². The molecule has 1 saturated carbocycles. The largest absolute Gasteiger partial charge is 0.481 e. The highest BCUT2D eigenvalue weighted by molar-refractivity contribution is 5.99. The molecule has 2 rings (SSSR count). The molecule has 2 atom stereocenters. The Morgan fingerprint density at radius 3 is 2.37 bits per heavy atom. The third kappa shape index (κ3) is 2.38. The molecule has 0 aromatic carbocycles. The van der Waals surface area contributed by atoms with Crippen molar-refractivity contribution in [2.24, 2.45) is 11.3 Å². The van der Waals surface area contributed by atoms with Gasteiger partial charge in [0, 0.05) is 12.8 Å². The van der Waals surface area contributed by atoms with E-state index in [4.69, 9.17) is 0 Å². The zero-order valence-corrected chi connectivity index (χ0v) is 11.5. The number of piperidine rings is 1. The predicted octanol–water partition coefficient (Wildman–Crippen LogP) is 1.81. The number of carbonyl (C=O) groups excluding carboxylic acids is 2. The average molecular weight is 267 g/mol. The summed E-state index contributed by atoms with van der Waals surface area (Å²) in [7, 11) is 0. The Hall–Kier alpha value is -1.39. The number of carbonyl (C=O) groups is 3. The topological polar surface area (TPSA) is 74.7 Å². The summed E-state index contributed by atoms with van der Waals surface area (Å²) < 4.78 is 0. The van der Waals surface area contributed by atoms with Gasteiger partial charge in [-0.15, -0.1) is 0 Å². The number of imide groups is 1. The van der Waals surface area contributed by atoms with Crippen LogP contribution in [-0.4, -0.2) is 33.8 Å². The van der Waals surface area contributed by atoms with E-state index in [1.165, 1.54) is 4.90 Å². The van der Waals surface area contributed by atoms with Crippen molar-refractivity contribution in [1.82, 2.24) is 4.90 Å². The van der Waals surface area contributed by atoms with Gasteiger partial charge in [0.05, 0.1) is 11.5 Å². The van der Waals surface area contributed by atoms with Crippen LogP contribution in [0.3, 0.4) is 0 Å². The summed E-state index contributed by atoms with van der Waals surface area (Å²) in [4.78, 5) is 37.1. The standard InChI is InChI=1S/C14H21NO4/c1-9-7-11(16)15(12(17)8-9)10-5-3-4-6-14(10,2)13(18)19/h9-10H,3-8H2,1-2H3,(H,18,19). The number of carboxylic acid groups (broad SMARTS) is 1. The van der Waals surface area contributed by atoms with Crippen molar-refractivity contribution < 1.29 is 19.5 Å². The lowest BCUT2D eigenvalue weighted by Crippen LogP contribution is -2.58. The molecular weight excluding hydrogens is 246 g/mol. The molecule has 2 fully saturated rings. The van der Waals surface area contributed by atoms with Gasteiger partial charge in [0.15, 0.2) is 0 Å². The highest BCUT2D eigenvalue weighted by Crippen LogP contribution is 2.41. The van der Waals surface area contributed by atoms with Gasteiger partial charge in [0.1, 0.15) is 0 Å². The smallest absolute Gasteiger partial charge is 0.311 e. The minimum atomic E-state index is -0.996. The number of rotatable bonds is 2. The molecule has 1 N–H and O–H groups in total. The van der Waals surface area contributed by atoms with Crippen LogP contribution in [0.4, 0.5) is 0 Å². The molecule has 19 heavy (non-hydrogen) atoms. The Balaban J connectivity index is 2.30. The van der Waals surface area contributed by atoms with Gasteiger partial charge in [0.25, 0.3) is 0 Å². The third-order valence-electron chi connectivity index (χ3n) is 4.54. The van der Waals surface area contributed by atoms with Crippen molar-refractivity contribution in [3.8, 4) is 0 Å². The van der Waals surface area contributed by atoms with E-state index in [1.54, 1.807) is 6.92 Å². The van der Waals surface area contributed by atoms with E-state index >= 15 is 0 Å². The summed E-state index contributed by atoms with van der Waals surface area (Å²) >= 11 is 0. The first-order chi connectivity index (χ1) is 8.86. The number of likely N-dealkylation sites (tertiary alicyclic amines) is 1. The minimum absolute atomic E-state index is 0.0657. The Morgan fingerprint density at radius 2 is 1.84 bits per heavy atom. The molecule has 1 aliphatic carbocycles. The lowest BCUT2D eigenvalue weighted by molar-refractivity contribution is -0.165. The van der Waals surface area contributed by atoms with Gasteiger partial charge in [-0.2, -0.15) is 0 Å². The molecule has 106 valence electrons. The molecule has 1 saturated heterocycles. The summed E-state index contributed by atoms with van der Waals surface area (Å²) in [6.07, 6.45) is 3.54. The molecule has 2 aliphatic rings. The van der Waals surface area contributed by atoms with E-state index < -0.39 is 17.4 Å². The Labute approximate surface area is 113 Å². The zero-order chi connectivity index (χ0) is 14.2. The van der Waals surface area contributed by atoms with Crippen molar-refractivity contribution in [2.75, 3.05) is 0 Å². The molecule has 1 heterocycles. The fraction of sp³-hybridized carbons (Fsp3) is 0.786. The second kappa shape index (κ2) is 4.94. The number of amides is 2. The average Bonchev–Trinajstić information content (AvgIpc) is 2.30. The zero-order valence-electron chi connectivity index (χ0n) is 11.5. The maximum atomic E-state index is 12.1. The van der Waals surface area contributed by atoms with Gasteiger partial charge in [-0.25, -0.2) is 0 Å². The van der Waals surface area contributed by atoms with E-state index in [0.717, 1.165) is 12.8 Å². The highest BCUT2D eigenvalue weighted by atomic mass is 16.4. The maximum Gasteiger partial charge on any atom is 0.311 e. The summed E-state index contributed by atoms with van der Waals surface area (Å²) in [5, 5.41) is 9.47. The molecule has 0 spiro atoms. The van der Waals surface area contributed by atoms with Crippen molar-refractivity contribution >= 4 is 17.8 Å². The van der Waals surface area contributed by atoms with Crippen molar-refractivity contribution in [3.63, 3.8) is 0 Å². The molecule has 5 heteroatoms. The van der Waals surface area contributed by atoms with Gasteiger partial charge in [0.2, 0.25) is 11.8 Å². The predicted molar refractivity (Wildman–Crippen MR) is 68.2 cm³/mol. The quantitative estimate of drug-likeness (QED) is 0.774. The Bertz CT molecular complexity index is 402. The molecule has 0 bridgehead atoms. The fourth-order valence-corrected chi connectivity index (χ4v) is 3.33. The van der Waals surface area contributed by atoms with E-state index in [9.17, 15) is 19.5 Å². The number of aliphatic carboxylic acids is 1. The summed E-state index contributed by atoms with van der Waals surface area (Å²) in [6, 6.07) is -0.480. The van der Waals surface area contributed by atoms with Crippen LogP contribution in [0.1, 0.15) is 52.4 Å². The van der Waals surface area contributed by atoms with Crippen LogP contribution >= 0.6 is 0 Å². The van der Waals surface area contributed by atoms with E-state index in [-0.39, 0.29) is 17.7 Å². The normalized spacial score (nSPS) is 33.6. The minimum Gasteiger partial charge on any atom is -0.481 e. The molecule has 1 aliphatic heterocycles. The fourth-order valence-electron chi connectivity index (χ4n) is 3.33. The van der Waals surface area contributed by atoms with E-state index in [1.807, 2.05) is 6.92 Å². The third-order valence-corrected chi connectivity index (χ3v) is 4.54. The first kappa shape index (κ1) is 14.0. The van der Waals surface area contributed by atoms with Crippen LogP contribution in [0.2, 0.25) is 0 Å². The maximum absolute atomic E-state index is 12.1. The first-order valence-electron chi connectivity index (χ1n) is 6.94.